The molecule has 0 saturated carbocycles. The number of rotatable bonds is 4. The molecule has 1 aliphatic heterocycles. The van der Waals surface area contributed by atoms with Crippen LogP contribution in [-0.4, -0.2) is 39.2 Å². The normalized spacial score (nSPS) is 17.5. The van der Waals surface area contributed by atoms with Gasteiger partial charge in [0, 0.05) is 18.0 Å². The summed E-state index contributed by atoms with van der Waals surface area (Å²) in [4.78, 5) is 16.9. The molecule has 2 heterocycles. The molecule has 0 unspecified atom stereocenters. The van der Waals surface area contributed by atoms with Gasteiger partial charge in [-0.3, -0.25) is 15.2 Å². The Morgan fingerprint density at radius 3 is 2.45 bits per heavy atom. The van der Waals surface area contributed by atoms with Crippen molar-refractivity contribution in [3.8, 4) is 0 Å². The van der Waals surface area contributed by atoms with Gasteiger partial charge in [-0.2, -0.15) is 0 Å². The molecule has 0 atom stereocenters. The molecule has 8 nitrogen and oxygen atoms in total. The fourth-order valence-electron chi connectivity index (χ4n) is 1.50. The van der Waals surface area contributed by atoms with Gasteiger partial charge in [0.1, 0.15) is 0 Å². The first-order valence-electron chi connectivity index (χ1n) is 5.42. The van der Waals surface area contributed by atoms with Crippen molar-refractivity contribution in [3.05, 3.63) is 41.1 Å². The molecule has 0 spiro atoms. The average Bonchev–Trinajstić information content (AvgIpc) is 2.78. The molecule has 0 aliphatic carbocycles. The predicted octanol–water partition coefficient (Wildman–Crippen LogP) is -1.04. The summed E-state index contributed by atoms with van der Waals surface area (Å²) >= 11 is 0. The van der Waals surface area contributed by atoms with Crippen LogP contribution in [0.25, 0.3) is 0 Å². The second-order valence-electron chi connectivity index (χ2n) is 4.02. The summed E-state index contributed by atoms with van der Waals surface area (Å²) in [6.45, 7) is 0. The molecular formula is C10H11N3O5S2. The van der Waals surface area contributed by atoms with E-state index >= 15 is 0 Å². The minimum atomic E-state index is -4.05. The third-order valence-corrected chi connectivity index (χ3v) is 5.49. The van der Waals surface area contributed by atoms with Crippen LogP contribution in [-0.2, 0) is 19.9 Å². The molecule has 1 aromatic heterocycles. The summed E-state index contributed by atoms with van der Waals surface area (Å²) < 4.78 is 46.0. The van der Waals surface area contributed by atoms with Crippen LogP contribution in [0, 0.1) is 0 Å². The Balaban J connectivity index is 2.02. The van der Waals surface area contributed by atoms with Crippen LogP contribution in [0.15, 0.2) is 35.5 Å². The first-order valence-corrected chi connectivity index (χ1v) is 8.72. The monoisotopic (exact) mass is 317 g/mol. The Bertz CT molecular complexity index is 753. The molecule has 0 aromatic carbocycles. The maximum absolute atomic E-state index is 11.8. The van der Waals surface area contributed by atoms with Crippen LogP contribution in [0.1, 0.15) is 10.4 Å². The van der Waals surface area contributed by atoms with Crippen molar-refractivity contribution in [2.75, 3.05) is 11.5 Å². The molecule has 0 saturated heterocycles. The van der Waals surface area contributed by atoms with Crippen molar-refractivity contribution >= 4 is 25.8 Å². The summed E-state index contributed by atoms with van der Waals surface area (Å²) in [7, 11) is -7.45. The molecule has 20 heavy (non-hydrogen) atoms. The third-order valence-electron chi connectivity index (χ3n) is 2.51. The highest BCUT2D eigenvalue weighted by atomic mass is 32.2. The Morgan fingerprint density at radius 1 is 1.25 bits per heavy atom. The second kappa shape index (κ2) is 5.31. The second-order valence-corrected chi connectivity index (χ2v) is 7.87. The Labute approximate surface area is 115 Å². The zero-order chi connectivity index (χ0) is 14.8. The van der Waals surface area contributed by atoms with E-state index in [0.717, 1.165) is 6.08 Å². The topological polar surface area (TPSA) is 122 Å². The van der Waals surface area contributed by atoms with E-state index in [-0.39, 0.29) is 16.2 Å². The fourth-order valence-corrected chi connectivity index (χ4v) is 4.55. The van der Waals surface area contributed by atoms with E-state index in [4.69, 9.17) is 0 Å². The van der Waals surface area contributed by atoms with Crippen LogP contribution in [0.4, 0.5) is 0 Å². The van der Waals surface area contributed by atoms with Gasteiger partial charge in [-0.25, -0.2) is 16.8 Å². The van der Waals surface area contributed by atoms with E-state index in [9.17, 15) is 21.6 Å². The zero-order valence-corrected chi connectivity index (χ0v) is 11.7. The number of hydrogen-bond acceptors (Lipinski definition) is 6. The quantitative estimate of drug-likeness (QED) is 0.684. The Hall–Kier alpha value is -1.78. The number of hydrogen-bond donors (Lipinski definition) is 2. The summed E-state index contributed by atoms with van der Waals surface area (Å²) in [5, 5.41) is 0. The lowest BCUT2D eigenvalue weighted by Crippen LogP contribution is -2.42. The number of sulfone groups is 1. The minimum Gasteiger partial charge on any atom is -0.274 e. The number of aromatic nitrogens is 1. The van der Waals surface area contributed by atoms with Gasteiger partial charge in [0.15, 0.2) is 9.84 Å². The lowest BCUT2D eigenvalue weighted by atomic mass is 10.3. The van der Waals surface area contributed by atoms with E-state index in [1.165, 1.54) is 24.5 Å². The summed E-state index contributed by atoms with van der Waals surface area (Å²) in [6, 6.07) is 2.81. The standard InChI is InChI=1S/C10H11N3O5S2/c14-10(8-1-4-11-5-2-8)12-13-20(17,18)9-3-6-19(15,16)7-9/h1-5,13H,6-7H2,(H,12,14). The smallest absolute Gasteiger partial charge is 0.266 e. The largest absolute Gasteiger partial charge is 0.274 e. The Kier molecular flexibility index (Phi) is 3.88. The molecule has 2 N–H and O–H groups in total. The van der Waals surface area contributed by atoms with Gasteiger partial charge < -0.3 is 0 Å². The van der Waals surface area contributed by atoms with Crippen LogP contribution in [0.3, 0.4) is 0 Å². The number of sulfonamides is 1. The van der Waals surface area contributed by atoms with Gasteiger partial charge in [0.05, 0.1) is 16.4 Å². The number of pyridine rings is 1. The number of nitrogens with one attached hydrogen (secondary N) is 2. The van der Waals surface area contributed by atoms with E-state index in [1.54, 1.807) is 0 Å². The first kappa shape index (κ1) is 14.6. The van der Waals surface area contributed by atoms with Crippen molar-refractivity contribution in [1.29, 1.82) is 0 Å². The molecule has 0 radical (unpaired) electrons. The van der Waals surface area contributed by atoms with Gasteiger partial charge in [0.25, 0.3) is 15.9 Å². The third kappa shape index (κ3) is 3.40. The summed E-state index contributed by atoms with van der Waals surface area (Å²) in [6.07, 6.45) is 3.88. The van der Waals surface area contributed by atoms with Crippen molar-refractivity contribution in [2.45, 2.75) is 0 Å². The molecular weight excluding hydrogens is 306 g/mol. The minimum absolute atomic E-state index is 0.218. The van der Waals surface area contributed by atoms with Crippen molar-refractivity contribution in [3.63, 3.8) is 0 Å². The van der Waals surface area contributed by atoms with Gasteiger partial charge in [-0.15, -0.1) is 4.83 Å². The highest BCUT2D eigenvalue weighted by Crippen LogP contribution is 2.15. The molecule has 1 aromatic rings. The van der Waals surface area contributed by atoms with Crippen LogP contribution in [0.5, 0.6) is 0 Å². The summed E-state index contributed by atoms with van der Waals surface area (Å²) in [5.74, 6) is -1.55. The SMILES string of the molecule is O=C(NNS(=O)(=O)C1=CCS(=O)(=O)C1)c1ccncc1. The highest BCUT2D eigenvalue weighted by Gasteiger charge is 2.29. The molecule has 2 rings (SSSR count). The van der Waals surface area contributed by atoms with Gasteiger partial charge in [-0.1, -0.05) is 6.08 Å². The van der Waals surface area contributed by atoms with Crippen LogP contribution >= 0.6 is 0 Å². The maximum atomic E-state index is 11.8. The zero-order valence-electron chi connectivity index (χ0n) is 10.1. The highest BCUT2D eigenvalue weighted by molar-refractivity contribution is 7.97. The lowest BCUT2D eigenvalue weighted by molar-refractivity contribution is 0.0945. The van der Waals surface area contributed by atoms with E-state index in [1.807, 2.05) is 10.3 Å². The number of carbonyl (C=O) groups excluding carboxylic acids is 1. The predicted molar refractivity (Wildman–Crippen MR) is 70.5 cm³/mol. The average molecular weight is 317 g/mol. The summed E-state index contributed by atoms with van der Waals surface area (Å²) in [5.41, 5.74) is 2.22. The fraction of sp³-hybridized carbons (Fsp3) is 0.200. The van der Waals surface area contributed by atoms with Crippen molar-refractivity contribution in [1.82, 2.24) is 15.2 Å². The Morgan fingerprint density at radius 2 is 1.90 bits per heavy atom. The molecule has 10 heteroatoms. The number of hydrazine groups is 1. The van der Waals surface area contributed by atoms with Crippen molar-refractivity contribution < 1.29 is 21.6 Å². The van der Waals surface area contributed by atoms with E-state index in [2.05, 4.69) is 4.98 Å². The van der Waals surface area contributed by atoms with Gasteiger partial charge in [-0.05, 0) is 12.1 Å². The molecule has 1 aliphatic rings. The van der Waals surface area contributed by atoms with E-state index < -0.39 is 31.5 Å². The molecule has 0 bridgehead atoms. The number of carbonyl (C=O) groups is 1. The number of nitrogens with zero attached hydrogens (tertiary/aromatic N) is 1. The van der Waals surface area contributed by atoms with Crippen LogP contribution in [0.2, 0.25) is 0 Å². The van der Waals surface area contributed by atoms with E-state index in [0.29, 0.717) is 0 Å². The van der Waals surface area contributed by atoms with Gasteiger partial charge >= 0.3 is 0 Å². The molecule has 1 amide bonds. The molecule has 108 valence electrons. The first-order chi connectivity index (χ1) is 9.30. The number of amides is 1. The van der Waals surface area contributed by atoms with Crippen molar-refractivity contribution in [2.24, 2.45) is 0 Å². The maximum Gasteiger partial charge on any atom is 0.266 e. The molecule has 0 fully saturated rings. The van der Waals surface area contributed by atoms with Gasteiger partial charge in [0.2, 0.25) is 0 Å². The van der Waals surface area contributed by atoms with Crippen LogP contribution < -0.4 is 10.3 Å². The lowest BCUT2D eigenvalue weighted by Gasteiger charge is -2.08.